The zero-order valence-electron chi connectivity index (χ0n) is 8.53. The van der Waals surface area contributed by atoms with E-state index in [4.69, 9.17) is 0 Å². The summed E-state index contributed by atoms with van der Waals surface area (Å²) >= 11 is 3.04. The number of alkyl halides is 3. The molecule has 0 aliphatic carbocycles. The molecule has 0 saturated carbocycles. The van der Waals surface area contributed by atoms with Crippen LogP contribution in [0.15, 0.2) is 18.2 Å². The lowest BCUT2D eigenvalue weighted by molar-refractivity contribution is -0.385. The molecule has 0 saturated heterocycles. The van der Waals surface area contributed by atoms with Crippen molar-refractivity contribution >= 4 is 27.4 Å². The molecule has 1 aromatic rings. The van der Waals surface area contributed by atoms with Crippen molar-refractivity contribution in [2.75, 3.05) is 5.33 Å². The second-order valence-corrected chi connectivity index (χ2v) is 3.99. The molecule has 0 unspecified atom stereocenters. The molecular formula is C10H8BrF2NO3. The minimum Gasteiger partial charge on any atom is -0.294 e. The summed E-state index contributed by atoms with van der Waals surface area (Å²) in [5, 5.41) is 11.1. The zero-order chi connectivity index (χ0) is 13.0. The van der Waals surface area contributed by atoms with Crippen LogP contribution in [0.5, 0.6) is 0 Å². The number of nitrogens with zero attached hydrogens (tertiary/aromatic N) is 1. The molecule has 0 fully saturated rings. The molecule has 0 amide bonds. The largest absolute Gasteiger partial charge is 0.294 e. The summed E-state index contributed by atoms with van der Waals surface area (Å²) in [7, 11) is 0. The Morgan fingerprint density at radius 2 is 2.12 bits per heavy atom. The highest BCUT2D eigenvalue weighted by Crippen LogP contribution is 2.27. The van der Waals surface area contributed by atoms with E-state index in [9.17, 15) is 23.7 Å². The third-order valence-corrected chi connectivity index (χ3v) is 2.49. The lowest BCUT2D eigenvalue weighted by Crippen LogP contribution is -2.05. The molecule has 0 radical (unpaired) electrons. The lowest BCUT2D eigenvalue weighted by atomic mass is 10.0. The Balaban J connectivity index is 3.22. The van der Waals surface area contributed by atoms with Crippen LogP contribution in [0.25, 0.3) is 0 Å². The maximum Gasteiger partial charge on any atom is 0.280 e. The first-order valence-corrected chi connectivity index (χ1v) is 5.75. The fraction of sp³-hybridized carbons (Fsp3) is 0.300. The normalized spacial score (nSPS) is 10.6. The Morgan fingerprint density at radius 1 is 1.47 bits per heavy atom. The number of hydrogen-bond acceptors (Lipinski definition) is 3. The second-order valence-electron chi connectivity index (χ2n) is 3.20. The van der Waals surface area contributed by atoms with Gasteiger partial charge in [-0.15, -0.1) is 0 Å². The van der Waals surface area contributed by atoms with Crippen LogP contribution in [-0.2, 0) is 0 Å². The van der Waals surface area contributed by atoms with Crippen LogP contribution in [-0.4, -0.2) is 16.0 Å². The molecule has 0 aliphatic heterocycles. The first-order chi connectivity index (χ1) is 7.97. The maximum absolute atomic E-state index is 12.4. The fourth-order valence-electron chi connectivity index (χ4n) is 1.29. The average molecular weight is 308 g/mol. The van der Waals surface area contributed by atoms with E-state index in [2.05, 4.69) is 15.9 Å². The van der Waals surface area contributed by atoms with Gasteiger partial charge in [0.2, 0.25) is 0 Å². The number of nitro groups is 1. The smallest absolute Gasteiger partial charge is 0.280 e. The van der Waals surface area contributed by atoms with Gasteiger partial charge in [0.15, 0.2) is 5.78 Å². The van der Waals surface area contributed by atoms with E-state index in [1.165, 1.54) is 0 Å². The monoisotopic (exact) mass is 307 g/mol. The molecular weight excluding hydrogens is 300 g/mol. The Hall–Kier alpha value is -1.37. The van der Waals surface area contributed by atoms with E-state index in [1.807, 2.05) is 0 Å². The third-order valence-electron chi connectivity index (χ3n) is 2.09. The highest BCUT2D eigenvalue weighted by Gasteiger charge is 2.22. The highest BCUT2D eigenvalue weighted by molar-refractivity contribution is 9.09. The van der Waals surface area contributed by atoms with Gasteiger partial charge in [0.1, 0.15) is 0 Å². The summed E-state index contributed by atoms with van der Waals surface area (Å²) in [5.41, 5.74) is -1.18. The molecule has 1 aromatic carbocycles. The number of rotatable bonds is 5. The van der Waals surface area contributed by atoms with Crippen LogP contribution >= 0.6 is 15.9 Å². The molecule has 0 atom stereocenters. The molecule has 0 N–H and O–H groups in total. The van der Waals surface area contributed by atoms with Crippen LogP contribution in [0.2, 0.25) is 0 Å². The van der Waals surface area contributed by atoms with Gasteiger partial charge in [-0.3, -0.25) is 14.9 Å². The third kappa shape index (κ3) is 3.29. The number of hydrogen-bond donors (Lipinski definition) is 0. The predicted octanol–water partition coefficient (Wildman–Crippen LogP) is 3.50. The van der Waals surface area contributed by atoms with Gasteiger partial charge in [0, 0.05) is 23.4 Å². The molecule has 7 heteroatoms. The van der Waals surface area contributed by atoms with Crippen LogP contribution in [0.1, 0.15) is 28.8 Å². The highest BCUT2D eigenvalue weighted by atomic mass is 79.9. The quantitative estimate of drug-likeness (QED) is 0.362. The van der Waals surface area contributed by atoms with Crippen molar-refractivity contribution in [2.24, 2.45) is 0 Å². The van der Waals surface area contributed by atoms with Crippen LogP contribution < -0.4 is 0 Å². The minimum absolute atomic E-state index is 0.0782. The van der Waals surface area contributed by atoms with E-state index >= 15 is 0 Å². The number of benzene rings is 1. The van der Waals surface area contributed by atoms with Crippen molar-refractivity contribution in [2.45, 2.75) is 12.8 Å². The SMILES string of the molecule is O=C(CCBr)c1ccc(C(F)F)cc1[N+](=O)[O-]. The van der Waals surface area contributed by atoms with Gasteiger partial charge in [-0.05, 0) is 6.07 Å². The van der Waals surface area contributed by atoms with Crippen molar-refractivity contribution in [3.63, 3.8) is 0 Å². The average Bonchev–Trinajstić information content (AvgIpc) is 2.28. The van der Waals surface area contributed by atoms with Gasteiger partial charge >= 0.3 is 0 Å². The molecule has 0 aromatic heterocycles. The van der Waals surface area contributed by atoms with Crippen LogP contribution in [0.4, 0.5) is 14.5 Å². The first kappa shape index (κ1) is 13.7. The molecule has 0 bridgehead atoms. The second kappa shape index (κ2) is 5.81. The van der Waals surface area contributed by atoms with Gasteiger partial charge in [-0.25, -0.2) is 8.78 Å². The lowest BCUT2D eigenvalue weighted by Gasteiger charge is -2.04. The first-order valence-electron chi connectivity index (χ1n) is 4.63. The summed E-state index contributed by atoms with van der Waals surface area (Å²) in [4.78, 5) is 21.4. The molecule has 0 heterocycles. The standard InChI is InChI=1S/C10H8BrF2NO3/c11-4-3-9(15)7-2-1-6(10(12)13)5-8(7)14(16)17/h1-2,5,10H,3-4H2. The van der Waals surface area contributed by atoms with Crippen LogP contribution in [0.3, 0.4) is 0 Å². The van der Waals surface area contributed by atoms with Gasteiger partial charge in [0.05, 0.1) is 10.5 Å². The van der Waals surface area contributed by atoms with Crippen molar-refractivity contribution in [3.8, 4) is 0 Å². The van der Waals surface area contributed by atoms with Crippen molar-refractivity contribution in [1.82, 2.24) is 0 Å². The topological polar surface area (TPSA) is 60.2 Å². The molecule has 92 valence electrons. The Kier molecular flexibility index (Phi) is 4.68. The Bertz CT molecular complexity index is 451. The molecule has 0 aliphatic rings. The Labute approximate surface area is 104 Å². The van der Waals surface area contributed by atoms with Crippen molar-refractivity contribution in [1.29, 1.82) is 0 Å². The summed E-state index contributed by atoms with van der Waals surface area (Å²) in [6, 6.07) is 2.84. The molecule has 1 rings (SSSR count). The summed E-state index contributed by atoms with van der Waals surface area (Å²) < 4.78 is 24.8. The van der Waals surface area contributed by atoms with Crippen molar-refractivity contribution in [3.05, 3.63) is 39.4 Å². The number of nitro benzene ring substituents is 1. The number of carbonyl (C=O) groups excluding carboxylic acids is 1. The summed E-state index contributed by atoms with van der Waals surface area (Å²) in [6.07, 6.45) is -2.72. The van der Waals surface area contributed by atoms with E-state index in [1.54, 1.807) is 0 Å². The van der Waals surface area contributed by atoms with E-state index < -0.39 is 28.4 Å². The number of ketones is 1. The Morgan fingerprint density at radius 3 is 2.59 bits per heavy atom. The summed E-state index contributed by atoms with van der Waals surface area (Å²) in [5.74, 6) is -0.450. The van der Waals surface area contributed by atoms with E-state index in [0.717, 1.165) is 18.2 Å². The predicted molar refractivity (Wildman–Crippen MR) is 60.8 cm³/mol. The van der Waals surface area contributed by atoms with Gasteiger partial charge in [0.25, 0.3) is 12.1 Å². The van der Waals surface area contributed by atoms with E-state index in [0.29, 0.717) is 5.33 Å². The minimum atomic E-state index is -2.80. The van der Waals surface area contributed by atoms with Gasteiger partial charge in [-0.1, -0.05) is 22.0 Å². The fourth-order valence-corrected chi connectivity index (χ4v) is 1.65. The number of halogens is 3. The molecule has 4 nitrogen and oxygen atoms in total. The zero-order valence-corrected chi connectivity index (χ0v) is 10.1. The number of Topliss-reactive ketones (excluding diaryl/α,β-unsaturated/α-hetero) is 1. The van der Waals surface area contributed by atoms with Gasteiger partial charge in [-0.2, -0.15) is 0 Å². The van der Waals surface area contributed by atoms with Gasteiger partial charge < -0.3 is 0 Å². The number of carbonyl (C=O) groups is 1. The van der Waals surface area contributed by atoms with Crippen molar-refractivity contribution < 1.29 is 18.5 Å². The van der Waals surface area contributed by atoms with Crippen LogP contribution in [0, 0.1) is 10.1 Å². The summed E-state index contributed by atoms with van der Waals surface area (Å²) in [6.45, 7) is 0. The maximum atomic E-state index is 12.4. The van der Waals surface area contributed by atoms with E-state index in [-0.39, 0.29) is 12.0 Å². The molecule has 0 spiro atoms. The molecule has 17 heavy (non-hydrogen) atoms.